The fourth-order valence-electron chi connectivity index (χ4n) is 5.78. The molecule has 5 atom stereocenters. The van der Waals surface area contributed by atoms with Crippen molar-refractivity contribution in [3.63, 3.8) is 0 Å². The van der Waals surface area contributed by atoms with Gasteiger partial charge in [-0.15, -0.1) is 0 Å². The number of carbonyl (C=O) groups excluding carboxylic acids is 2. The number of methoxy groups -OCH3 is 1. The molecule has 9 nitrogen and oxygen atoms in total. The molecule has 0 aromatic heterocycles. The number of benzene rings is 1. The highest BCUT2D eigenvalue weighted by Crippen LogP contribution is 2.33. The molecule has 206 valence electrons. The summed E-state index contributed by atoms with van der Waals surface area (Å²) in [6, 6.07) is 7.00. The number of aliphatic hydroxyl groups is 1. The number of likely N-dealkylation sites (tertiary alicyclic amines) is 1. The molecular formula is C28H44N4O5. The fraction of sp³-hybridized carbons (Fsp3) is 0.714. The summed E-state index contributed by atoms with van der Waals surface area (Å²) in [4.78, 5) is 33.5. The van der Waals surface area contributed by atoms with Gasteiger partial charge in [0.1, 0.15) is 24.4 Å². The average Bonchev–Trinajstić information content (AvgIpc) is 3.42. The van der Waals surface area contributed by atoms with Crippen molar-refractivity contribution in [1.82, 2.24) is 15.1 Å². The van der Waals surface area contributed by atoms with Gasteiger partial charge in [0, 0.05) is 50.6 Å². The summed E-state index contributed by atoms with van der Waals surface area (Å²) in [6.45, 7) is 15.1. The van der Waals surface area contributed by atoms with E-state index >= 15 is 0 Å². The average molecular weight is 517 g/mol. The van der Waals surface area contributed by atoms with Crippen LogP contribution in [-0.4, -0.2) is 110 Å². The van der Waals surface area contributed by atoms with Crippen LogP contribution in [0.25, 0.3) is 0 Å². The standard InChI is InChI=1S/C28H44N4O5/c1-18(2)30-11-13-31(14-12-30)20-9-7-19(8-10-20)26(34)29-21(15-28(3,4)5)27(35)32-16-23(36-6)25-24(32)22(33)17-37-25/h7-10,18,21-25,33H,11-17H2,1-6H3,(H,29,34)/t21-,22-,23+,24+,25+/m0/s1. The van der Waals surface area contributed by atoms with Gasteiger partial charge in [-0.3, -0.25) is 14.5 Å². The van der Waals surface area contributed by atoms with Gasteiger partial charge in [0.05, 0.1) is 19.2 Å². The predicted molar refractivity (Wildman–Crippen MR) is 143 cm³/mol. The van der Waals surface area contributed by atoms with Gasteiger partial charge in [-0.25, -0.2) is 0 Å². The smallest absolute Gasteiger partial charge is 0.251 e. The van der Waals surface area contributed by atoms with E-state index in [0.717, 1.165) is 31.9 Å². The Balaban J connectivity index is 1.44. The van der Waals surface area contributed by atoms with Crippen molar-refractivity contribution in [2.75, 3.05) is 51.3 Å². The second-order valence-electron chi connectivity index (χ2n) is 12.1. The minimum atomic E-state index is -0.768. The van der Waals surface area contributed by atoms with E-state index in [4.69, 9.17) is 9.47 Å². The lowest BCUT2D eigenvalue weighted by atomic mass is 9.87. The molecule has 3 aliphatic heterocycles. The molecule has 3 saturated heterocycles. The zero-order valence-corrected chi connectivity index (χ0v) is 23.1. The molecule has 9 heteroatoms. The van der Waals surface area contributed by atoms with Crippen LogP contribution in [-0.2, 0) is 14.3 Å². The molecule has 3 fully saturated rings. The number of anilines is 1. The first-order valence-corrected chi connectivity index (χ1v) is 13.5. The lowest BCUT2D eigenvalue weighted by Gasteiger charge is -2.38. The normalized spacial score (nSPS) is 27.5. The highest BCUT2D eigenvalue weighted by Gasteiger charge is 2.53. The third-order valence-electron chi connectivity index (χ3n) is 7.84. The molecular weight excluding hydrogens is 472 g/mol. The van der Waals surface area contributed by atoms with Crippen LogP contribution in [0.5, 0.6) is 0 Å². The number of ether oxygens (including phenoxy) is 2. The summed E-state index contributed by atoms with van der Waals surface area (Å²) in [5, 5.41) is 13.5. The van der Waals surface area contributed by atoms with Crippen LogP contribution in [0.1, 0.15) is 51.4 Å². The molecule has 0 bridgehead atoms. The second kappa shape index (κ2) is 11.3. The van der Waals surface area contributed by atoms with E-state index < -0.39 is 18.2 Å². The monoisotopic (exact) mass is 516 g/mol. The van der Waals surface area contributed by atoms with Gasteiger partial charge in [-0.2, -0.15) is 0 Å². The number of nitrogens with one attached hydrogen (secondary N) is 1. The first-order valence-electron chi connectivity index (χ1n) is 13.5. The van der Waals surface area contributed by atoms with Crippen molar-refractivity contribution < 1.29 is 24.2 Å². The molecule has 2 N–H and O–H groups in total. The minimum absolute atomic E-state index is 0.175. The van der Waals surface area contributed by atoms with Crippen LogP contribution in [0.15, 0.2) is 24.3 Å². The fourth-order valence-corrected chi connectivity index (χ4v) is 5.78. The summed E-state index contributed by atoms with van der Waals surface area (Å²) < 4.78 is 11.3. The van der Waals surface area contributed by atoms with Crippen LogP contribution in [0.2, 0.25) is 0 Å². The minimum Gasteiger partial charge on any atom is -0.388 e. The number of hydrogen-bond acceptors (Lipinski definition) is 7. The molecule has 0 aliphatic carbocycles. The Morgan fingerprint density at radius 2 is 1.78 bits per heavy atom. The van der Waals surface area contributed by atoms with E-state index in [2.05, 4.69) is 29.0 Å². The Kier molecular flexibility index (Phi) is 8.48. The molecule has 4 rings (SSSR count). The number of piperazine rings is 1. The first kappa shape index (κ1) is 27.8. The van der Waals surface area contributed by atoms with Gasteiger partial charge >= 0.3 is 0 Å². The Morgan fingerprint density at radius 1 is 1.14 bits per heavy atom. The molecule has 1 aromatic carbocycles. The molecule has 1 aromatic rings. The molecule has 37 heavy (non-hydrogen) atoms. The van der Waals surface area contributed by atoms with Gasteiger partial charge in [-0.05, 0) is 49.9 Å². The predicted octanol–water partition coefficient (Wildman–Crippen LogP) is 1.74. The number of carbonyl (C=O) groups is 2. The summed E-state index contributed by atoms with van der Waals surface area (Å²) in [5.74, 6) is -0.483. The third kappa shape index (κ3) is 6.28. The van der Waals surface area contributed by atoms with Crippen LogP contribution < -0.4 is 10.2 Å². The molecule has 3 heterocycles. The molecule has 2 amide bonds. The SMILES string of the molecule is CO[C@@H]1CN(C(=O)[C@H](CC(C)(C)C)NC(=O)c2ccc(N3CCN(C(C)C)CC3)cc2)[C@H]2[C@@H]1OC[C@@H]2O. The van der Waals surface area contributed by atoms with Crippen molar-refractivity contribution in [3.8, 4) is 0 Å². The summed E-state index contributed by atoms with van der Waals surface area (Å²) in [6.07, 6.45) is -0.954. The maximum absolute atomic E-state index is 13.8. The Labute approximate surface area is 221 Å². The van der Waals surface area contributed by atoms with E-state index in [0.29, 0.717) is 24.6 Å². The summed E-state index contributed by atoms with van der Waals surface area (Å²) in [5.41, 5.74) is 1.43. The van der Waals surface area contributed by atoms with Crippen LogP contribution in [0.4, 0.5) is 5.69 Å². The number of aliphatic hydroxyl groups excluding tert-OH is 1. The summed E-state index contributed by atoms with van der Waals surface area (Å²) in [7, 11) is 1.59. The van der Waals surface area contributed by atoms with Crippen molar-refractivity contribution in [2.24, 2.45) is 5.41 Å². The first-order chi connectivity index (χ1) is 17.5. The van der Waals surface area contributed by atoms with E-state index in [-0.39, 0.29) is 36.0 Å². The molecule has 0 saturated carbocycles. The third-order valence-corrected chi connectivity index (χ3v) is 7.84. The number of rotatable bonds is 7. The number of hydrogen-bond donors (Lipinski definition) is 2. The van der Waals surface area contributed by atoms with E-state index in [1.807, 2.05) is 45.0 Å². The molecule has 3 aliphatic rings. The Hall–Kier alpha value is -2.20. The van der Waals surface area contributed by atoms with Crippen LogP contribution >= 0.6 is 0 Å². The van der Waals surface area contributed by atoms with Crippen molar-refractivity contribution in [3.05, 3.63) is 29.8 Å². The number of fused-ring (bicyclic) bond motifs is 1. The number of amides is 2. The van der Waals surface area contributed by atoms with E-state index in [1.165, 1.54) is 0 Å². The maximum Gasteiger partial charge on any atom is 0.251 e. The quantitative estimate of drug-likeness (QED) is 0.570. The maximum atomic E-state index is 13.8. The molecule has 0 spiro atoms. The van der Waals surface area contributed by atoms with Gasteiger partial charge in [-0.1, -0.05) is 20.8 Å². The largest absolute Gasteiger partial charge is 0.388 e. The van der Waals surface area contributed by atoms with Gasteiger partial charge in [0.15, 0.2) is 0 Å². The molecule has 0 radical (unpaired) electrons. The zero-order valence-electron chi connectivity index (χ0n) is 23.1. The van der Waals surface area contributed by atoms with Gasteiger partial charge in [0.2, 0.25) is 5.91 Å². The lowest BCUT2D eigenvalue weighted by molar-refractivity contribution is -0.136. The highest BCUT2D eigenvalue weighted by molar-refractivity contribution is 5.98. The number of nitrogens with zero attached hydrogens (tertiary/aromatic N) is 3. The highest BCUT2D eigenvalue weighted by atomic mass is 16.6. The lowest BCUT2D eigenvalue weighted by Crippen LogP contribution is -2.54. The molecule has 0 unspecified atom stereocenters. The van der Waals surface area contributed by atoms with Gasteiger partial charge < -0.3 is 29.7 Å². The summed E-state index contributed by atoms with van der Waals surface area (Å²) >= 11 is 0. The Morgan fingerprint density at radius 3 is 2.35 bits per heavy atom. The zero-order chi connectivity index (χ0) is 26.9. The van der Waals surface area contributed by atoms with Gasteiger partial charge in [0.25, 0.3) is 5.91 Å². The second-order valence-corrected chi connectivity index (χ2v) is 12.1. The van der Waals surface area contributed by atoms with Crippen molar-refractivity contribution in [2.45, 2.75) is 77.5 Å². The van der Waals surface area contributed by atoms with E-state index in [1.54, 1.807) is 12.0 Å². The van der Waals surface area contributed by atoms with Crippen molar-refractivity contribution in [1.29, 1.82) is 0 Å². The topological polar surface area (TPSA) is 94.6 Å². The van der Waals surface area contributed by atoms with Crippen molar-refractivity contribution >= 4 is 17.5 Å². The van der Waals surface area contributed by atoms with Crippen LogP contribution in [0, 0.1) is 5.41 Å². The van der Waals surface area contributed by atoms with Crippen LogP contribution in [0.3, 0.4) is 0 Å². The Bertz CT molecular complexity index is 939. The van der Waals surface area contributed by atoms with E-state index in [9.17, 15) is 14.7 Å².